The van der Waals surface area contributed by atoms with Crippen molar-refractivity contribution in [1.82, 2.24) is 4.90 Å². The van der Waals surface area contributed by atoms with E-state index in [2.05, 4.69) is 17.0 Å². The second-order valence-corrected chi connectivity index (χ2v) is 6.41. The Labute approximate surface area is 143 Å². The molecule has 2 N–H and O–H groups in total. The third-order valence-electron chi connectivity index (χ3n) is 4.48. The first-order valence-electron chi connectivity index (χ1n) is 8.54. The number of hydrogen-bond acceptors (Lipinski definition) is 4. The lowest BCUT2D eigenvalue weighted by Gasteiger charge is -2.26. The molecule has 0 aliphatic carbocycles. The molecular formula is C20H25NO3. The molecule has 1 saturated heterocycles. The van der Waals surface area contributed by atoms with Gasteiger partial charge in [0.1, 0.15) is 5.75 Å². The summed E-state index contributed by atoms with van der Waals surface area (Å²) in [6.07, 6.45) is 2.49. The predicted molar refractivity (Wildman–Crippen MR) is 93.6 cm³/mol. The summed E-state index contributed by atoms with van der Waals surface area (Å²) in [6.45, 7) is 3.25. The number of rotatable bonds is 7. The van der Waals surface area contributed by atoms with E-state index in [1.807, 2.05) is 30.3 Å². The fraction of sp³-hybridized carbons (Fsp3) is 0.400. The molecule has 1 atom stereocenters. The number of para-hydroxylation sites is 1. The zero-order chi connectivity index (χ0) is 16.8. The van der Waals surface area contributed by atoms with Crippen molar-refractivity contribution in [1.29, 1.82) is 0 Å². The Bertz CT molecular complexity index is 636. The van der Waals surface area contributed by atoms with Crippen LogP contribution in [0.1, 0.15) is 29.5 Å². The van der Waals surface area contributed by atoms with Gasteiger partial charge in [-0.3, -0.25) is 4.90 Å². The zero-order valence-electron chi connectivity index (χ0n) is 13.9. The van der Waals surface area contributed by atoms with E-state index in [1.54, 1.807) is 6.07 Å². The quantitative estimate of drug-likeness (QED) is 0.821. The van der Waals surface area contributed by atoms with Crippen LogP contribution in [-0.2, 0) is 24.4 Å². The van der Waals surface area contributed by atoms with Crippen LogP contribution in [0.15, 0.2) is 48.5 Å². The maximum atomic E-state index is 10.1. The van der Waals surface area contributed by atoms with Gasteiger partial charge in [-0.2, -0.15) is 0 Å². The van der Waals surface area contributed by atoms with Crippen molar-refractivity contribution >= 4 is 0 Å². The number of aliphatic hydroxyl groups excluding tert-OH is 1. The molecule has 128 valence electrons. The van der Waals surface area contributed by atoms with Gasteiger partial charge < -0.3 is 14.9 Å². The fourth-order valence-corrected chi connectivity index (χ4v) is 3.16. The Hall–Kier alpha value is -1.88. The van der Waals surface area contributed by atoms with Gasteiger partial charge in [-0.05, 0) is 30.0 Å². The first kappa shape index (κ1) is 17.0. The van der Waals surface area contributed by atoms with Gasteiger partial charge >= 0.3 is 0 Å². The van der Waals surface area contributed by atoms with Gasteiger partial charge in [-0.15, -0.1) is 0 Å². The Kier molecular flexibility index (Phi) is 5.86. The predicted octanol–water partition coefficient (Wildman–Crippen LogP) is 3.07. The Morgan fingerprint density at radius 2 is 1.75 bits per heavy atom. The van der Waals surface area contributed by atoms with E-state index in [0.29, 0.717) is 12.3 Å². The lowest BCUT2D eigenvalue weighted by atomic mass is 10.1. The summed E-state index contributed by atoms with van der Waals surface area (Å²) in [4.78, 5) is 2.32. The van der Waals surface area contributed by atoms with Crippen LogP contribution in [0.4, 0.5) is 0 Å². The number of aromatic hydroxyl groups is 1. The highest BCUT2D eigenvalue weighted by atomic mass is 16.5. The van der Waals surface area contributed by atoms with Crippen molar-refractivity contribution in [2.24, 2.45) is 0 Å². The van der Waals surface area contributed by atoms with Gasteiger partial charge in [-0.25, -0.2) is 0 Å². The van der Waals surface area contributed by atoms with Crippen molar-refractivity contribution in [2.45, 2.75) is 38.6 Å². The number of phenolic OH excluding ortho intramolecular Hbond substituents is 1. The topological polar surface area (TPSA) is 52.9 Å². The molecule has 0 aromatic heterocycles. The van der Waals surface area contributed by atoms with Gasteiger partial charge in [0.15, 0.2) is 0 Å². The van der Waals surface area contributed by atoms with Crippen LogP contribution in [0.3, 0.4) is 0 Å². The molecule has 2 aromatic carbocycles. The van der Waals surface area contributed by atoms with Crippen LogP contribution < -0.4 is 0 Å². The SMILES string of the molecule is OCc1ccc(CN(Cc2ccccc2O)CC2CCCO2)cc1. The van der Waals surface area contributed by atoms with E-state index in [4.69, 9.17) is 4.74 Å². The average Bonchev–Trinajstić information content (AvgIpc) is 3.10. The second kappa shape index (κ2) is 8.29. The van der Waals surface area contributed by atoms with Gasteiger partial charge in [0.05, 0.1) is 12.7 Å². The molecule has 0 spiro atoms. The summed E-state index contributed by atoms with van der Waals surface area (Å²) >= 11 is 0. The van der Waals surface area contributed by atoms with Gasteiger partial charge in [0.2, 0.25) is 0 Å². The minimum Gasteiger partial charge on any atom is -0.508 e. The molecule has 4 heteroatoms. The molecule has 0 amide bonds. The van der Waals surface area contributed by atoms with Crippen molar-refractivity contribution in [2.75, 3.05) is 13.2 Å². The van der Waals surface area contributed by atoms with Gasteiger partial charge in [-0.1, -0.05) is 42.5 Å². The molecular weight excluding hydrogens is 302 g/mol. The van der Waals surface area contributed by atoms with E-state index >= 15 is 0 Å². The first-order valence-corrected chi connectivity index (χ1v) is 8.54. The van der Waals surface area contributed by atoms with Gasteiger partial charge in [0.25, 0.3) is 0 Å². The summed E-state index contributed by atoms with van der Waals surface area (Å²) in [7, 11) is 0. The molecule has 1 aliphatic rings. The van der Waals surface area contributed by atoms with Crippen molar-refractivity contribution in [3.05, 3.63) is 65.2 Å². The highest BCUT2D eigenvalue weighted by Crippen LogP contribution is 2.21. The Morgan fingerprint density at radius 3 is 2.42 bits per heavy atom. The molecule has 24 heavy (non-hydrogen) atoms. The highest BCUT2D eigenvalue weighted by molar-refractivity contribution is 5.31. The smallest absolute Gasteiger partial charge is 0.120 e. The van der Waals surface area contributed by atoms with Crippen molar-refractivity contribution in [3.63, 3.8) is 0 Å². The first-order chi connectivity index (χ1) is 11.7. The number of hydrogen-bond donors (Lipinski definition) is 2. The molecule has 1 aliphatic heterocycles. The maximum Gasteiger partial charge on any atom is 0.120 e. The molecule has 1 heterocycles. The van der Waals surface area contributed by atoms with Crippen LogP contribution in [0.5, 0.6) is 5.75 Å². The van der Waals surface area contributed by atoms with Crippen molar-refractivity contribution < 1.29 is 14.9 Å². The Morgan fingerprint density at radius 1 is 1.00 bits per heavy atom. The summed E-state index contributed by atoms with van der Waals surface area (Å²) < 4.78 is 5.79. The number of phenols is 1. The fourth-order valence-electron chi connectivity index (χ4n) is 3.16. The van der Waals surface area contributed by atoms with E-state index in [9.17, 15) is 10.2 Å². The Balaban J connectivity index is 1.71. The molecule has 0 saturated carbocycles. The zero-order valence-corrected chi connectivity index (χ0v) is 13.9. The third kappa shape index (κ3) is 4.57. The minimum atomic E-state index is 0.0673. The average molecular weight is 327 g/mol. The second-order valence-electron chi connectivity index (χ2n) is 6.41. The maximum absolute atomic E-state index is 10.1. The summed E-state index contributed by atoms with van der Waals surface area (Å²) in [5.74, 6) is 0.338. The highest BCUT2D eigenvalue weighted by Gasteiger charge is 2.20. The van der Waals surface area contributed by atoms with E-state index in [-0.39, 0.29) is 12.7 Å². The molecule has 0 bridgehead atoms. The summed E-state index contributed by atoms with van der Waals surface area (Å²) in [5, 5.41) is 19.2. The summed E-state index contributed by atoms with van der Waals surface area (Å²) in [6, 6.07) is 15.5. The molecule has 1 unspecified atom stereocenters. The minimum absolute atomic E-state index is 0.0673. The van der Waals surface area contributed by atoms with E-state index < -0.39 is 0 Å². The van der Waals surface area contributed by atoms with E-state index in [0.717, 1.165) is 43.7 Å². The molecule has 3 rings (SSSR count). The number of ether oxygens (including phenoxy) is 1. The van der Waals surface area contributed by atoms with E-state index in [1.165, 1.54) is 5.56 Å². The third-order valence-corrected chi connectivity index (χ3v) is 4.48. The van der Waals surface area contributed by atoms with Crippen LogP contribution in [0.2, 0.25) is 0 Å². The lowest BCUT2D eigenvalue weighted by Crippen LogP contribution is -2.31. The molecule has 2 aromatic rings. The monoisotopic (exact) mass is 327 g/mol. The normalized spacial score (nSPS) is 17.5. The van der Waals surface area contributed by atoms with Crippen molar-refractivity contribution in [3.8, 4) is 5.75 Å². The molecule has 4 nitrogen and oxygen atoms in total. The summed E-state index contributed by atoms with van der Waals surface area (Å²) in [5.41, 5.74) is 3.05. The van der Waals surface area contributed by atoms with Gasteiger partial charge in [0, 0.05) is 31.8 Å². The van der Waals surface area contributed by atoms with Crippen LogP contribution in [0, 0.1) is 0 Å². The standard InChI is InChI=1S/C20H25NO3/c22-15-17-9-7-16(8-10-17)12-21(14-19-5-3-11-24-19)13-18-4-1-2-6-20(18)23/h1-2,4,6-10,19,22-23H,3,5,11-15H2. The largest absolute Gasteiger partial charge is 0.508 e. The molecule has 1 fully saturated rings. The number of nitrogens with zero attached hydrogens (tertiary/aromatic N) is 1. The number of benzene rings is 2. The lowest BCUT2D eigenvalue weighted by molar-refractivity contribution is 0.0676. The molecule has 0 radical (unpaired) electrons. The van der Waals surface area contributed by atoms with Crippen LogP contribution in [-0.4, -0.2) is 34.4 Å². The number of aliphatic hydroxyl groups is 1. The van der Waals surface area contributed by atoms with Crippen LogP contribution >= 0.6 is 0 Å². The van der Waals surface area contributed by atoms with Crippen LogP contribution in [0.25, 0.3) is 0 Å².